The fourth-order valence-corrected chi connectivity index (χ4v) is 1.68. The molecule has 0 fully saturated rings. The number of nitrogens with two attached hydrogens (primary N) is 1. The number of nitrogens with one attached hydrogen (secondary N) is 1. The molecule has 98 valence electrons. The molecule has 7 heteroatoms. The van der Waals surface area contributed by atoms with Gasteiger partial charge in [0, 0.05) is 6.21 Å². The van der Waals surface area contributed by atoms with Crippen molar-refractivity contribution in [3.63, 3.8) is 0 Å². The Bertz CT molecular complexity index is 552. The maximum atomic E-state index is 12.2. The fourth-order valence-electron chi connectivity index (χ4n) is 1.68. The zero-order valence-corrected chi connectivity index (χ0v) is 10.3. The Kier molecular flexibility index (Phi) is 3.56. The lowest BCUT2D eigenvalue weighted by Gasteiger charge is -2.12. The van der Waals surface area contributed by atoms with E-state index in [1.165, 1.54) is 11.2 Å². The minimum Gasteiger partial charge on any atom is -0.350 e. The molecular weight excluding hydrogens is 246 g/mol. The van der Waals surface area contributed by atoms with Crippen molar-refractivity contribution in [3.05, 3.63) is 30.3 Å². The average molecular weight is 259 g/mol. The molecule has 1 aliphatic rings. The summed E-state index contributed by atoms with van der Waals surface area (Å²) in [6.45, 7) is 1.72. The second-order valence-corrected chi connectivity index (χ2v) is 3.96. The Balaban J connectivity index is 2.15. The number of anilines is 1. The molecule has 0 radical (unpaired) electrons. The fraction of sp³-hybridized carbons (Fsp3) is 0.167. The van der Waals surface area contributed by atoms with E-state index in [4.69, 9.17) is 5.73 Å². The van der Waals surface area contributed by atoms with E-state index in [9.17, 15) is 9.59 Å². The SMILES string of the molecule is CC1=NN(c2ccccc2)C(=O)C1/C=N/NC(N)=O. The Morgan fingerprint density at radius 1 is 1.47 bits per heavy atom. The van der Waals surface area contributed by atoms with E-state index >= 15 is 0 Å². The van der Waals surface area contributed by atoms with Gasteiger partial charge in [0.1, 0.15) is 5.92 Å². The van der Waals surface area contributed by atoms with E-state index < -0.39 is 11.9 Å². The smallest absolute Gasteiger partial charge is 0.332 e. The number of amides is 3. The molecule has 1 atom stereocenters. The van der Waals surface area contributed by atoms with Crippen LogP contribution in [0.1, 0.15) is 6.92 Å². The van der Waals surface area contributed by atoms with Gasteiger partial charge in [-0.25, -0.2) is 10.2 Å². The zero-order valence-electron chi connectivity index (χ0n) is 10.3. The third kappa shape index (κ3) is 2.76. The van der Waals surface area contributed by atoms with Gasteiger partial charge in [0.2, 0.25) is 0 Å². The quantitative estimate of drug-likeness (QED) is 0.616. The molecule has 1 aliphatic heterocycles. The van der Waals surface area contributed by atoms with Crippen molar-refractivity contribution < 1.29 is 9.59 Å². The molecule has 0 aromatic heterocycles. The molecule has 7 nitrogen and oxygen atoms in total. The number of benzene rings is 1. The molecule has 0 aliphatic carbocycles. The highest BCUT2D eigenvalue weighted by molar-refractivity contribution is 6.23. The summed E-state index contributed by atoms with van der Waals surface area (Å²) in [6.07, 6.45) is 1.31. The van der Waals surface area contributed by atoms with Crippen molar-refractivity contribution in [3.8, 4) is 0 Å². The van der Waals surface area contributed by atoms with Crippen molar-refractivity contribution in [2.24, 2.45) is 21.9 Å². The highest BCUT2D eigenvalue weighted by Crippen LogP contribution is 2.22. The number of nitrogens with zero attached hydrogens (tertiary/aromatic N) is 3. The van der Waals surface area contributed by atoms with E-state index in [2.05, 4.69) is 15.6 Å². The first-order valence-electron chi connectivity index (χ1n) is 5.62. The molecule has 0 saturated carbocycles. The van der Waals surface area contributed by atoms with Crippen molar-refractivity contribution in [2.45, 2.75) is 6.92 Å². The van der Waals surface area contributed by atoms with Gasteiger partial charge in [-0.05, 0) is 19.1 Å². The van der Waals surface area contributed by atoms with Gasteiger partial charge in [0.25, 0.3) is 5.91 Å². The number of hydrazone groups is 2. The van der Waals surface area contributed by atoms with Crippen LogP contribution in [0.2, 0.25) is 0 Å². The van der Waals surface area contributed by atoms with E-state index in [0.29, 0.717) is 11.4 Å². The molecule has 2 rings (SSSR count). The van der Waals surface area contributed by atoms with Crippen molar-refractivity contribution >= 4 is 29.6 Å². The number of urea groups is 1. The second-order valence-electron chi connectivity index (χ2n) is 3.96. The summed E-state index contributed by atoms with van der Waals surface area (Å²) in [4.78, 5) is 22.7. The molecule has 19 heavy (non-hydrogen) atoms. The largest absolute Gasteiger partial charge is 0.350 e. The van der Waals surface area contributed by atoms with Gasteiger partial charge in [-0.1, -0.05) is 18.2 Å². The van der Waals surface area contributed by atoms with E-state index in [0.717, 1.165) is 0 Å². The van der Waals surface area contributed by atoms with Gasteiger partial charge < -0.3 is 5.73 Å². The number of hydrogen-bond acceptors (Lipinski definition) is 4. The summed E-state index contributed by atoms with van der Waals surface area (Å²) in [5.74, 6) is -0.814. The minimum atomic E-state index is -0.781. The Labute approximate surface area is 109 Å². The normalized spacial score (nSPS) is 18.8. The van der Waals surface area contributed by atoms with Crippen molar-refractivity contribution in [1.29, 1.82) is 0 Å². The van der Waals surface area contributed by atoms with Crippen molar-refractivity contribution in [1.82, 2.24) is 5.43 Å². The third-order valence-corrected chi connectivity index (χ3v) is 2.58. The van der Waals surface area contributed by atoms with Crippen LogP contribution in [0, 0.1) is 5.92 Å². The predicted molar refractivity (Wildman–Crippen MR) is 71.7 cm³/mol. The van der Waals surface area contributed by atoms with Gasteiger partial charge in [-0.2, -0.15) is 15.2 Å². The standard InChI is InChI=1S/C12H13N5O2/c1-8-10(7-14-15-12(13)19)11(18)17(16-8)9-5-3-2-4-6-9/h2-7,10H,1H3,(H3,13,15,19)/b14-7+. The van der Waals surface area contributed by atoms with Crippen LogP contribution in [0.5, 0.6) is 0 Å². The third-order valence-electron chi connectivity index (χ3n) is 2.58. The van der Waals surface area contributed by atoms with Crippen LogP contribution in [-0.4, -0.2) is 23.9 Å². The van der Waals surface area contributed by atoms with Gasteiger partial charge in [0.15, 0.2) is 0 Å². The van der Waals surface area contributed by atoms with Crippen LogP contribution in [-0.2, 0) is 4.79 Å². The number of rotatable bonds is 3. The summed E-state index contributed by atoms with van der Waals surface area (Å²) in [7, 11) is 0. The lowest BCUT2D eigenvalue weighted by atomic mass is 10.1. The van der Waals surface area contributed by atoms with Crippen LogP contribution in [0.4, 0.5) is 10.5 Å². The molecule has 0 saturated heterocycles. The first-order valence-corrected chi connectivity index (χ1v) is 5.62. The summed E-state index contributed by atoms with van der Waals surface area (Å²) in [5.41, 5.74) is 8.21. The van der Waals surface area contributed by atoms with Gasteiger partial charge in [-0.3, -0.25) is 4.79 Å². The predicted octanol–water partition coefficient (Wildman–Crippen LogP) is 0.679. The maximum Gasteiger partial charge on any atom is 0.332 e. The Morgan fingerprint density at radius 2 is 2.16 bits per heavy atom. The van der Waals surface area contributed by atoms with Gasteiger partial charge in [-0.15, -0.1) is 0 Å². The van der Waals surface area contributed by atoms with Crippen LogP contribution in [0.3, 0.4) is 0 Å². The zero-order chi connectivity index (χ0) is 13.8. The topological polar surface area (TPSA) is 100 Å². The molecule has 3 amide bonds. The lowest BCUT2D eigenvalue weighted by molar-refractivity contribution is -0.118. The Morgan fingerprint density at radius 3 is 2.79 bits per heavy atom. The monoisotopic (exact) mass is 259 g/mol. The molecule has 1 aromatic rings. The summed E-state index contributed by atoms with van der Waals surface area (Å²) in [5, 5.41) is 9.10. The number of carbonyl (C=O) groups is 2. The number of carbonyl (C=O) groups excluding carboxylic acids is 2. The molecule has 1 unspecified atom stereocenters. The minimum absolute atomic E-state index is 0.223. The van der Waals surface area contributed by atoms with Gasteiger partial charge >= 0.3 is 6.03 Å². The number of primary amides is 1. The molecule has 3 N–H and O–H groups in total. The number of para-hydroxylation sites is 1. The highest BCUT2D eigenvalue weighted by Gasteiger charge is 2.33. The lowest BCUT2D eigenvalue weighted by Crippen LogP contribution is -2.30. The first-order chi connectivity index (χ1) is 9.09. The summed E-state index contributed by atoms with van der Waals surface area (Å²) >= 11 is 0. The van der Waals surface area contributed by atoms with Crippen LogP contribution in [0.15, 0.2) is 40.5 Å². The highest BCUT2D eigenvalue weighted by atomic mass is 16.2. The molecule has 0 spiro atoms. The first kappa shape index (κ1) is 12.7. The Hall–Kier alpha value is -2.70. The van der Waals surface area contributed by atoms with E-state index in [1.807, 2.05) is 18.2 Å². The summed E-state index contributed by atoms with van der Waals surface area (Å²) < 4.78 is 0. The molecule has 0 bridgehead atoms. The van der Waals surface area contributed by atoms with Crippen LogP contribution in [0.25, 0.3) is 0 Å². The second kappa shape index (κ2) is 5.30. The summed E-state index contributed by atoms with van der Waals surface area (Å²) in [6, 6.07) is 8.30. The number of hydrogen-bond donors (Lipinski definition) is 2. The van der Waals surface area contributed by atoms with Crippen molar-refractivity contribution in [2.75, 3.05) is 5.01 Å². The van der Waals surface area contributed by atoms with Gasteiger partial charge in [0.05, 0.1) is 11.4 Å². The maximum absolute atomic E-state index is 12.2. The van der Waals surface area contributed by atoms with E-state index in [-0.39, 0.29) is 5.91 Å². The molecular formula is C12H13N5O2. The van der Waals surface area contributed by atoms with Crippen LogP contribution >= 0.6 is 0 Å². The average Bonchev–Trinajstić information content (AvgIpc) is 2.67. The van der Waals surface area contributed by atoms with Crippen LogP contribution < -0.4 is 16.2 Å². The molecule has 1 aromatic carbocycles. The van der Waals surface area contributed by atoms with E-state index in [1.54, 1.807) is 19.1 Å². The molecule has 1 heterocycles.